The zero-order chi connectivity index (χ0) is 19.2. The minimum Gasteiger partial charge on any atom is -0.507 e. The lowest BCUT2D eigenvalue weighted by Crippen LogP contribution is -2.29. The van der Waals surface area contributed by atoms with Crippen LogP contribution in [0.1, 0.15) is 104 Å². The number of rotatable bonds is 2. The Morgan fingerprint density at radius 3 is 2.04 bits per heavy atom. The average molecular weight is 345 g/mol. The summed E-state index contributed by atoms with van der Waals surface area (Å²) in [5.74, 6) is 3.29. The summed E-state index contributed by atoms with van der Waals surface area (Å²) in [7, 11) is 0. The van der Waals surface area contributed by atoms with Crippen molar-refractivity contribution in [1.82, 2.24) is 0 Å². The van der Waals surface area contributed by atoms with E-state index in [2.05, 4.69) is 74.4 Å². The first kappa shape index (κ1) is 20.3. The van der Waals surface area contributed by atoms with Crippen LogP contribution in [0.5, 0.6) is 5.75 Å². The van der Waals surface area contributed by atoms with Crippen LogP contribution in [0.25, 0.3) is 0 Å². The van der Waals surface area contributed by atoms with Gasteiger partial charge in [-0.1, -0.05) is 80.9 Å². The van der Waals surface area contributed by atoms with Gasteiger partial charge in [-0.25, -0.2) is 0 Å². The molecule has 0 heterocycles. The first-order valence-corrected chi connectivity index (χ1v) is 10.2. The number of phenols is 1. The highest BCUT2D eigenvalue weighted by Gasteiger charge is 2.37. The lowest BCUT2D eigenvalue weighted by atomic mass is 9.64. The van der Waals surface area contributed by atoms with Crippen LogP contribution in [0.2, 0.25) is 0 Å². The highest BCUT2D eigenvalue weighted by atomic mass is 16.3. The Hall–Kier alpha value is -0.980. The van der Waals surface area contributed by atoms with Crippen molar-refractivity contribution < 1.29 is 5.11 Å². The third kappa shape index (κ3) is 4.23. The number of hydrogen-bond acceptors (Lipinski definition) is 1. The van der Waals surface area contributed by atoms with Crippen molar-refractivity contribution in [2.45, 2.75) is 98.3 Å². The van der Waals surface area contributed by atoms with Gasteiger partial charge in [0.1, 0.15) is 5.75 Å². The Morgan fingerprint density at radius 1 is 0.960 bits per heavy atom. The molecule has 1 aliphatic rings. The molecular weight excluding hydrogens is 304 g/mol. The van der Waals surface area contributed by atoms with Crippen molar-refractivity contribution in [3.05, 3.63) is 28.8 Å². The third-order valence-corrected chi connectivity index (χ3v) is 6.19. The fourth-order valence-electron chi connectivity index (χ4n) is 4.87. The topological polar surface area (TPSA) is 20.2 Å². The summed E-state index contributed by atoms with van der Waals surface area (Å²) in [6.45, 7) is 20.4. The lowest BCUT2D eigenvalue weighted by molar-refractivity contribution is 0.195. The van der Waals surface area contributed by atoms with E-state index in [1.54, 1.807) is 0 Å². The van der Waals surface area contributed by atoms with E-state index >= 15 is 0 Å². The number of benzene rings is 1. The molecule has 0 amide bonds. The molecule has 3 unspecified atom stereocenters. The van der Waals surface area contributed by atoms with Crippen molar-refractivity contribution in [3.8, 4) is 5.75 Å². The van der Waals surface area contributed by atoms with E-state index < -0.39 is 0 Å². The maximum Gasteiger partial charge on any atom is 0.123 e. The summed E-state index contributed by atoms with van der Waals surface area (Å²) in [5, 5.41) is 11.3. The Kier molecular flexibility index (Phi) is 5.67. The molecule has 0 aliphatic heterocycles. The SMILES string of the molecule is CC1CCC(C(C)C)C(c2ccc(C(C)(C)C)c(O)c2C(C)(C)C)C1. The largest absolute Gasteiger partial charge is 0.507 e. The number of hydrogen-bond donors (Lipinski definition) is 1. The summed E-state index contributed by atoms with van der Waals surface area (Å²) in [4.78, 5) is 0. The van der Waals surface area contributed by atoms with Crippen LogP contribution >= 0.6 is 0 Å². The second kappa shape index (κ2) is 6.97. The first-order chi connectivity index (χ1) is 11.3. The lowest BCUT2D eigenvalue weighted by Gasteiger charge is -2.41. The van der Waals surface area contributed by atoms with Crippen molar-refractivity contribution in [2.24, 2.45) is 17.8 Å². The van der Waals surface area contributed by atoms with Gasteiger partial charge < -0.3 is 5.11 Å². The van der Waals surface area contributed by atoms with Crippen LogP contribution in [0, 0.1) is 17.8 Å². The average Bonchev–Trinajstić information content (AvgIpc) is 2.43. The van der Waals surface area contributed by atoms with Crippen LogP contribution < -0.4 is 0 Å². The molecule has 0 aromatic heterocycles. The Morgan fingerprint density at radius 2 is 1.56 bits per heavy atom. The summed E-state index contributed by atoms with van der Waals surface area (Å²) in [6.07, 6.45) is 3.91. The first-order valence-electron chi connectivity index (χ1n) is 10.2. The molecule has 1 fully saturated rings. The second-order valence-corrected chi connectivity index (χ2v) is 10.9. The summed E-state index contributed by atoms with van der Waals surface area (Å²) >= 11 is 0. The molecule has 0 spiro atoms. The maximum absolute atomic E-state index is 11.3. The predicted octanol–water partition coefficient (Wildman–Crippen LogP) is 7.16. The molecule has 25 heavy (non-hydrogen) atoms. The number of phenolic OH excluding ortho intramolecular Hbond substituents is 1. The predicted molar refractivity (Wildman–Crippen MR) is 110 cm³/mol. The van der Waals surface area contributed by atoms with E-state index in [1.807, 2.05) is 0 Å². The molecular formula is C24H40O. The zero-order valence-electron chi connectivity index (χ0n) is 18.0. The standard InChI is InChI=1S/C24H40O/c1-15(2)17-11-10-16(3)14-19(17)18-12-13-20(23(4,5)6)22(25)21(18)24(7,8)9/h12-13,15-17,19,25H,10-11,14H2,1-9H3. The smallest absolute Gasteiger partial charge is 0.123 e. The van der Waals surface area contributed by atoms with E-state index in [0.717, 1.165) is 17.4 Å². The van der Waals surface area contributed by atoms with Gasteiger partial charge in [0.25, 0.3) is 0 Å². The fourth-order valence-corrected chi connectivity index (χ4v) is 4.87. The monoisotopic (exact) mass is 344 g/mol. The van der Waals surface area contributed by atoms with Crippen LogP contribution in [0.15, 0.2) is 12.1 Å². The van der Waals surface area contributed by atoms with Crippen molar-refractivity contribution in [1.29, 1.82) is 0 Å². The van der Waals surface area contributed by atoms with Crippen molar-refractivity contribution >= 4 is 0 Å². The Labute approximate surface area is 156 Å². The van der Waals surface area contributed by atoms with Gasteiger partial charge in [0.2, 0.25) is 0 Å². The van der Waals surface area contributed by atoms with E-state index in [9.17, 15) is 5.11 Å². The van der Waals surface area contributed by atoms with Crippen LogP contribution in [-0.4, -0.2) is 5.11 Å². The molecule has 1 aliphatic carbocycles. The van der Waals surface area contributed by atoms with E-state index in [0.29, 0.717) is 17.6 Å². The van der Waals surface area contributed by atoms with E-state index in [-0.39, 0.29) is 10.8 Å². The van der Waals surface area contributed by atoms with E-state index in [4.69, 9.17) is 0 Å². The second-order valence-electron chi connectivity index (χ2n) is 10.9. The van der Waals surface area contributed by atoms with Gasteiger partial charge in [0, 0.05) is 5.56 Å². The molecule has 1 N–H and O–H groups in total. The molecule has 1 heteroatoms. The molecule has 1 nitrogen and oxygen atoms in total. The molecule has 2 rings (SSSR count). The molecule has 1 aromatic carbocycles. The molecule has 1 aromatic rings. The van der Waals surface area contributed by atoms with Gasteiger partial charge in [0.05, 0.1) is 0 Å². The maximum atomic E-state index is 11.3. The zero-order valence-corrected chi connectivity index (χ0v) is 18.0. The summed E-state index contributed by atoms with van der Waals surface area (Å²) < 4.78 is 0. The quantitative estimate of drug-likeness (QED) is 0.603. The van der Waals surface area contributed by atoms with Gasteiger partial charge >= 0.3 is 0 Å². The highest BCUT2D eigenvalue weighted by Crippen LogP contribution is 2.50. The molecule has 0 saturated heterocycles. The minimum atomic E-state index is -0.0527. The van der Waals surface area contributed by atoms with Crippen LogP contribution in [0.3, 0.4) is 0 Å². The van der Waals surface area contributed by atoms with Gasteiger partial charge in [-0.3, -0.25) is 0 Å². The molecule has 1 saturated carbocycles. The third-order valence-electron chi connectivity index (χ3n) is 6.19. The Bertz CT molecular complexity index is 598. The fraction of sp³-hybridized carbons (Fsp3) is 0.750. The van der Waals surface area contributed by atoms with Gasteiger partial charge in [-0.15, -0.1) is 0 Å². The summed E-state index contributed by atoms with van der Waals surface area (Å²) in [5.41, 5.74) is 3.57. The minimum absolute atomic E-state index is 0.0417. The number of aromatic hydroxyl groups is 1. The van der Waals surface area contributed by atoms with Gasteiger partial charge in [0.15, 0.2) is 0 Å². The van der Waals surface area contributed by atoms with Crippen molar-refractivity contribution in [3.63, 3.8) is 0 Å². The normalized spacial score (nSPS) is 25.4. The van der Waals surface area contributed by atoms with Gasteiger partial charge in [-0.05, 0) is 58.5 Å². The molecule has 142 valence electrons. The van der Waals surface area contributed by atoms with Crippen LogP contribution in [-0.2, 0) is 10.8 Å². The summed E-state index contributed by atoms with van der Waals surface area (Å²) in [6, 6.07) is 4.54. The highest BCUT2D eigenvalue weighted by molar-refractivity contribution is 5.53. The molecule has 0 bridgehead atoms. The van der Waals surface area contributed by atoms with E-state index in [1.165, 1.54) is 30.4 Å². The Balaban J connectivity index is 2.65. The van der Waals surface area contributed by atoms with Gasteiger partial charge in [-0.2, -0.15) is 0 Å². The van der Waals surface area contributed by atoms with Crippen molar-refractivity contribution in [2.75, 3.05) is 0 Å². The molecule has 3 atom stereocenters. The molecule has 0 radical (unpaired) electrons. The van der Waals surface area contributed by atoms with Crippen LogP contribution in [0.4, 0.5) is 0 Å².